The fourth-order valence-corrected chi connectivity index (χ4v) is 3.48. The van der Waals surface area contributed by atoms with Gasteiger partial charge in [-0.1, -0.05) is 25.3 Å². The van der Waals surface area contributed by atoms with Crippen molar-refractivity contribution in [2.24, 2.45) is 11.1 Å². The van der Waals surface area contributed by atoms with Gasteiger partial charge in [-0.2, -0.15) is 0 Å². The summed E-state index contributed by atoms with van der Waals surface area (Å²) in [7, 11) is -3.64. The molecule has 5 heteroatoms. The number of primary sulfonamides is 1. The number of hydrogen-bond donors (Lipinski definition) is 2. The second-order valence-corrected chi connectivity index (χ2v) is 6.94. The lowest BCUT2D eigenvalue weighted by atomic mass is 9.89. The van der Waals surface area contributed by atoms with Gasteiger partial charge in [-0.25, -0.2) is 13.6 Å². The zero-order valence-electron chi connectivity index (χ0n) is 11.4. The number of sulfonamides is 1. The molecule has 1 saturated carbocycles. The number of nitrogens with one attached hydrogen (secondary N) is 1. The van der Waals surface area contributed by atoms with Gasteiger partial charge in [0, 0.05) is 12.2 Å². The van der Waals surface area contributed by atoms with E-state index in [0.717, 1.165) is 12.2 Å². The van der Waals surface area contributed by atoms with Gasteiger partial charge in [0.1, 0.15) is 0 Å². The van der Waals surface area contributed by atoms with Gasteiger partial charge in [0.2, 0.25) is 10.0 Å². The van der Waals surface area contributed by atoms with Crippen LogP contribution in [0.15, 0.2) is 23.1 Å². The molecule has 0 aromatic heterocycles. The van der Waals surface area contributed by atoms with Crippen molar-refractivity contribution in [3.8, 4) is 0 Å². The second-order valence-electron chi connectivity index (χ2n) is 5.41. The number of aryl methyl sites for hydroxylation is 1. The molecule has 0 spiro atoms. The molecule has 0 atom stereocenters. The average Bonchev–Trinajstić information content (AvgIpc) is 2.37. The molecule has 2 rings (SSSR count). The quantitative estimate of drug-likeness (QED) is 0.891. The summed E-state index contributed by atoms with van der Waals surface area (Å²) in [6.45, 7) is 2.66. The van der Waals surface area contributed by atoms with Crippen LogP contribution in [0.5, 0.6) is 0 Å². The van der Waals surface area contributed by atoms with E-state index in [9.17, 15) is 8.42 Å². The molecule has 0 unspecified atom stereocenters. The first-order valence-electron chi connectivity index (χ1n) is 6.84. The normalized spacial score (nSPS) is 17.4. The largest absolute Gasteiger partial charge is 0.385 e. The van der Waals surface area contributed by atoms with E-state index in [4.69, 9.17) is 5.14 Å². The van der Waals surface area contributed by atoms with Crippen molar-refractivity contribution < 1.29 is 8.42 Å². The first-order valence-corrected chi connectivity index (χ1v) is 8.39. The van der Waals surface area contributed by atoms with Crippen molar-refractivity contribution in [2.75, 3.05) is 11.9 Å². The second kappa shape index (κ2) is 5.92. The predicted octanol–water partition coefficient (Wildman–Crippen LogP) is 2.63. The molecule has 1 fully saturated rings. The average molecular weight is 282 g/mol. The van der Waals surface area contributed by atoms with Crippen molar-refractivity contribution in [3.63, 3.8) is 0 Å². The third-order valence-electron chi connectivity index (χ3n) is 3.81. The Bertz CT molecular complexity index is 534. The Kier molecular flexibility index (Phi) is 4.47. The summed E-state index contributed by atoms with van der Waals surface area (Å²) in [4.78, 5) is 0.209. The number of rotatable bonds is 4. The lowest BCUT2D eigenvalue weighted by Crippen LogP contribution is -2.18. The van der Waals surface area contributed by atoms with Gasteiger partial charge in [0.15, 0.2) is 0 Å². The van der Waals surface area contributed by atoms with Crippen LogP contribution in [-0.4, -0.2) is 15.0 Å². The molecule has 19 heavy (non-hydrogen) atoms. The Labute approximate surface area is 115 Å². The summed E-state index contributed by atoms with van der Waals surface area (Å²) >= 11 is 0. The number of hydrogen-bond acceptors (Lipinski definition) is 3. The molecule has 1 aromatic rings. The van der Waals surface area contributed by atoms with Crippen molar-refractivity contribution in [3.05, 3.63) is 23.8 Å². The SMILES string of the molecule is Cc1ccc(NCC2CCCCC2)cc1S(N)(=O)=O. The molecule has 106 valence electrons. The van der Waals surface area contributed by atoms with E-state index in [1.165, 1.54) is 32.1 Å². The highest BCUT2D eigenvalue weighted by Crippen LogP contribution is 2.25. The fraction of sp³-hybridized carbons (Fsp3) is 0.571. The van der Waals surface area contributed by atoms with E-state index in [-0.39, 0.29) is 4.90 Å². The molecule has 0 radical (unpaired) electrons. The summed E-state index contributed by atoms with van der Waals surface area (Å²) in [5.74, 6) is 0.702. The van der Waals surface area contributed by atoms with Gasteiger partial charge >= 0.3 is 0 Å². The van der Waals surface area contributed by atoms with Crippen LogP contribution in [0.4, 0.5) is 5.69 Å². The summed E-state index contributed by atoms with van der Waals surface area (Å²) in [6, 6.07) is 5.34. The summed E-state index contributed by atoms with van der Waals surface area (Å²) in [5, 5.41) is 8.54. The molecule has 0 bridgehead atoms. The van der Waals surface area contributed by atoms with Crippen LogP contribution in [0, 0.1) is 12.8 Å². The Morgan fingerprint density at radius 1 is 1.26 bits per heavy atom. The Morgan fingerprint density at radius 2 is 1.95 bits per heavy atom. The highest BCUT2D eigenvalue weighted by atomic mass is 32.2. The number of benzene rings is 1. The first-order chi connectivity index (χ1) is 8.97. The molecule has 0 aliphatic heterocycles. The van der Waals surface area contributed by atoms with Crippen LogP contribution < -0.4 is 10.5 Å². The molecule has 3 N–H and O–H groups in total. The number of anilines is 1. The minimum Gasteiger partial charge on any atom is -0.385 e. The molecule has 4 nitrogen and oxygen atoms in total. The van der Waals surface area contributed by atoms with E-state index >= 15 is 0 Å². The van der Waals surface area contributed by atoms with Crippen LogP contribution in [0.25, 0.3) is 0 Å². The number of nitrogens with two attached hydrogens (primary N) is 1. The Hall–Kier alpha value is -1.07. The van der Waals surface area contributed by atoms with Gasteiger partial charge in [-0.05, 0) is 43.4 Å². The standard InChI is InChI=1S/C14H22N2O2S/c1-11-7-8-13(9-14(11)19(15,17)18)16-10-12-5-3-2-4-6-12/h7-9,12,16H,2-6,10H2,1H3,(H2,15,17,18). The van der Waals surface area contributed by atoms with Crippen LogP contribution in [0.3, 0.4) is 0 Å². The monoisotopic (exact) mass is 282 g/mol. The van der Waals surface area contributed by atoms with Gasteiger partial charge in [0.25, 0.3) is 0 Å². The van der Waals surface area contributed by atoms with Crippen molar-refractivity contribution in [2.45, 2.75) is 43.9 Å². The van der Waals surface area contributed by atoms with Crippen molar-refractivity contribution in [1.82, 2.24) is 0 Å². The van der Waals surface area contributed by atoms with Crippen molar-refractivity contribution in [1.29, 1.82) is 0 Å². The third-order valence-corrected chi connectivity index (χ3v) is 4.87. The molecular formula is C14H22N2O2S. The topological polar surface area (TPSA) is 72.2 Å². The highest BCUT2D eigenvalue weighted by molar-refractivity contribution is 7.89. The van der Waals surface area contributed by atoms with E-state index in [1.54, 1.807) is 19.1 Å². The molecule has 1 aromatic carbocycles. The van der Waals surface area contributed by atoms with Crippen LogP contribution in [0.2, 0.25) is 0 Å². The molecule has 1 aliphatic carbocycles. The van der Waals surface area contributed by atoms with Gasteiger partial charge in [0.05, 0.1) is 4.90 Å². The van der Waals surface area contributed by atoms with E-state index in [2.05, 4.69) is 5.32 Å². The van der Waals surface area contributed by atoms with E-state index in [1.807, 2.05) is 6.07 Å². The molecule has 0 saturated heterocycles. The maximum absolute atomic E-state index is 11.5. The fourth-order valence-electron chi connectivity index (χ4n) is 2.67. The van der Waals surface area contributed by atoms with E-state index < -0.39 is 10.0 Å². The van der Waals surface area contributed by atoms with Gasteiger partial charge < -0.3 is 5.32 Å². The minimum atomic E-state index is -3.64. The van der Waals surface area contributed by atoms with Crippen LogP contribution in [0.1, 0.15) is 37.7 Å². The zero-order valence-corrected chi connectivity index (χ0v) is 12.2. The summed E-state index contributed by atoms with van der Waals surface area (Å²) in [5.41, 5.74) is 1.52. The molecular weight excluding hydrogens is 260 g/mol. The summed E-state index contributed by atoms with van der Waals surface area (Å²) in [6.07, 6.45) is 6.49. The van der Waals surface area contributed by atoms with Crippen molar-refractivity contribution >= 4 is 15.7 Å². The predicted molar refractivity (Wildman–Crippen MR) is 77.6 cm³/mol. The maximum atomic E-state index is 11.5. The first kappa shape index (κ1) is 14.3. The highest BCUT2D eigenvalue weighted by Gasteiger charge is 2.15. The van der Waals surface area contributed by atoms with Crippen LogP contribution >= 0.6 is 0 Å². The lowest BCUT2D eigenvalue weighted by Gasteiger charge is -2.22. The van der Waals surface area contributed by atoms with Gasteiger partial charge in [-0.3, -0.25) is 0 Å². The molecule has 1 aliphatic rings. The zero-order chi connectivity index (χ0) is 13.9. The summed E-state index contributed by atoms with van der Waals surface area (Å²) < 4.78 is 22.9. The molecule has 0 amide bonds. The van der Waals surface area contributed by atoms with Crippen LogP contribution in [-0.2, 0) is 10.0 Å². The van der Waals surface area contributed by atoms with E-state index in [0.29, 0.717) is 11.5 Å². The van der Waals surface area contributed by atoms with Gasteiger partial charge in [-0.15, -0.1) is 0 Å². The Balaban J connectivity index is 2.04. The maximum Gasteiger partial charge on any atom is 0.238 e. The lowest BCUT2D eigenvalue weighted by molar-refractivity contribution is 0.373. The molecule has 0 heterocycles. The third kappa shape index (κ3) is 3.94. The Morgan fingerprint density at radius 3 is 2.58 bits per heavy atom. The smallest absolute Gasteiger partial charge is 0.238 e. The minimum absolute atomic E-state index is 0.209.